The predicted molar refractivity (Wildman–Crippen MR) is 67.6 cm³/mol. The van der Waals surface area contributed by atoms with Gasteiger partial charge in [0.25, 0.3) is 0 Å². The largest absolute Gasteiger partial charge is 0.380 e. The first kappa shape index (κ1) is 10.9. The number of ether oxygens (including phenoxy) is 1. The zero-order valence-corrected chi connectivity index (χ0v) is 10.7. The Morgan fingerprint density at radius 1 is 1.47 bits per heavy atom. The van der Waals surface area contributed by atoms with Gasteiger partial charge in [0, 0.05) is 26.1 Å². The molecule has 94 valence electrons. The number of nitrogens with zero attached hydrogens (tertiary/aromatic N) is 3. The minimum atomic E-state index is 0.489. The number of fused-ring (bicyclic) bond motifs is 2. The predicted octanol–water partition coefficient (Wildman–Crippen LogP) is 0.995. The van der Waals surface area contributed by atoms with E-state index in [1.807, 2.05) is 11.7 Å². The van der Waals surface area contributed by atoms with E-state index >= 15 is 0 Å². The van der Waals surface area contributed by atoms with Crippen molar-refractivity contribution in [3.05, 3.63) is 5.69 Å². The van der Waals surface area contributed by atoms with Gasteiger partial charge < -0.3 is 15.0 Å². The molecule has 0 aromatic carbocycles. The van der Waals surface area contributed by atoms with Crippen molar-refractivity contribution >= 4 is 11.5 Å². The number of hydrogen-bond acceptors (Lipinski definition) is 4. The Bertz CT molecular complexity index is 428. The summed E-state index contributed by atoms with van der Waals surface area (Å²) >= 11 is 0. The molecular formula is C12H20N4O. The van der Waals surface area contributed by atoms with E-state index in [1.165, 1.54) is 11.5 Å². The van der Waals surface area contributed by atoms with Crippen molar-refractivity contribution in [3.8, 4) is 0 Å². The highest BCUT2D eigenvalue weighted by molar-refractivity contribution is 5.70. The van der Waals surface area contributed by atoms with Crippen LogP contribution < -0.4 is 10.2 Å². The summed E-state index contributed by atoms with van der Waals surface area (Å²) in [7, 11) is 2.02. The maximum atomic E-state index is 5.63. The highest BCUT2D eigenvalue weighted by Gasteiger charge is 2.37. The van der Waals surface area contributed by atoms with E-state index in [9.17, 15) is 0 Å². The van der Waals surface area contributed by atoms with Crippen molar-refractivity contribution in [2.24, 2.45) is 13.0 Å². The normalized spacial score (nSPS) is 27.4. The third kappa shape index (κ3) is 1.52. The zero-order chi connectivity index (χ0) is 12.0. The van der Waals surface area contributed by atoms with Gasteiger partial charge in [0.2, 0.25) is 0 Å². The highest BCUT2D eigenvalue weighted by atomic mass is 16.5. The van der Waals surface area contributed by atoms with Crippen LogP contribution in [-0.4, -0.2) is 42.1 Å². The molecule has 1 saturated heterocycles. The molecule has 2 unspecified atom stereocenters. The van der Waals surface area contributed by atoms with Crippen LogP contribution in [-0.2, 0) is 11.8 Å². The van der Waals surface area contributed by atoms with Gasteiger partial charge in [0.1, 0.15) is 5.69 Å². The van der Waals surface area contributed by atoms with Gasteiger partial charge in [0.05, 0.1) is 24.9 Å². The quantitative estimate of drug-likeness (QED) is 0.790. The van der Waals surface area contributed by atoms with Crippen LogP contribution >= 0.6 is 0 Å². The van der Waals surface area contributed by atoms with Gasteiger partial charge in [-0.1, -0.05) is 0 Å². The fourth-order valence-electron chi connectivity index (χ4n) is 3.08. The Balaban J connectivity index is 2.07. The van der Waals surface area contributed by atoms with E-state index in [2.05, 4.69) is 29.2 Å². The van der Waals surface area contributed by atoms with Crippen LogP contribution in [0.25, 0.3) is 0 Å². The van der Waals surface area contributed by atoms with Crippen molar-refractivity contribution in [2.45, 2.75) is 19.9 Å². The van der Waals surface area contributed by atoms with Crippen LogP contribution in [0.2, 0.25) is 0 Å². The second-order valence-electron chi connectivity index (χ2n) is 4.94. The Kier molecular flexibility index (Phi) is 2.50. The first-order chi connectivity index (χ1) is 8.22. The maximum absolute atomic E-state index is 5.63. The summed E-state index contributed by atoms with van der Waals surface area (Å²) < 4.78 is 7.62. The molecule has 0 bridgehead atoms. The third-order valence-electron chi connectivity index (χ3n) is 3.91. The van der Waals surface area contributed by atoms with Gasteiger partial charge >= 0.3 is 0 Å². The van der Waals surface area contributed by atoms with Crippen molar-refractivity contribution < 1.29 is 4.74 Å². The summed E-state index contributed by atoms with van der Waals surface area (Å²) in [6, 6.07) is 0.489. The summed E-state index contributed by atoms with van der Waals surface area (Å²) in [6.07, 6.45) is 0. The molecule has 2 atom stereocenters. The molecule has 0 amide bonds. The lowest BCUT2D eigenvalue weighted by Crippen LogP contribution is -2.41. The molecule has 5 nitrogen and oxygen atoms in total. The topological polar surface area (TPSA) is 42.3 Å². The van der Waals surface area contributed by atoms with Crippen LogP contribution in [0.4, 0.5) is 11.5 Å². The second-order valence-corrected chi connectivity index (χ2v) is 4.94. The van der Waals surface area contributed by atoms with Crippen molar-refractivity contribution in [3.63, 3.8) is 0 Å². The van der Waals surface area contributed by atoms with Gasteiger partial charge in [-0.05, 0) is 13.8 Å². The first-order valence-electron chi connectivity index (χ1n) is 6.34. The van der Waals surface area contributed by atoms with Gasteiger partial charge in [-0.3, -0.25) is 4.68 Å². The summed E-state index contributed by atoms with van der Waals surface area (Å²) in [5.41, 5.74) is 2.28. The van der Waals surface area contributed by atoms with Crippen molar-refractivity contribution in [1.82, 2.24) is 9.78 Å². The van der Waals surface area contributed by atoms with Crippen LogP contribution in [0, 0.1) is 12.8 Å². The number of anilines is 2. The number of nitrogens with one attached hydrogen (secondary N) is 1. The van der Waals surface area contributed by atoms with Crippen molar-refractivity contribution in [1.29, 1.82) is 0 Å². The molecule has 0 aliphatic carbocycles. The van der Waals surface area contributed by atoms with Crippen LogP contribution in [0.3, 0.4) is 0 Å². The summed E-state index contributed by atoms with van der Waals surface area (Å²) in [5.74, 6) is 1.80. The van der Waals surface area contributed by atoms with E-state index in [-0.39, 0.29) is 0 Å². The van der Waals surface area contributed by atoms with Gasteiger partial charge in [-0.15, -0.1) is 0 Å². The molecule has 0 spiro atoms. The first-order valence-corrected chi connectivity index (χ1v) is 6.34. The van der Waals surface area contributed by atoms with Crippen molar-refractivity contribution in [2.75, 3.05) is 36.5 Å². The van der Waals surface area contributed by atoms with Gasteiger partial charge in [-0.25, -0.2) is 0 Å². The summed E-state index contributed by atoms with van der Waals surface area (Å²) in [5, 5.41) is 8.06. The number of aromatic nitrogens is 2. The van der Waals surface area contributed by atoms with E-state index in [0.717, 1.165) is 32.0 Å². The molecule has 5 heteroatoms. The molecule has 2 aliphatic heterocycles. The van der Waals surface area contributed by atoms with E-state index < -0.39 is 0 Å². The van der Waals surface area contributed by atoms with E-state index in [4.69, 9.17) is 4.74 Å². The molecule has 1 aromatic rings. The smallest absolute Gasteiger partial charge is 0.150 e. The number of hydrogen-bond donors (Lipinski definition) is 1. The molecule has 1 aromatic heterocycles. The monoisotopic (exact) mass is 236 g/mol. The summed E-state index contributed by atoms with van der Waals surface area (Å²) in [6.45, 7) is 7.96. The Morgan fingerprint density at radius 3 is 3.06 bits per heavy atom. The average molecular weight is 236 g/mol. The third-order valence-corrected chi connectivity index (χ3v) is 3.91. The standard InChI is InChI=1S/C12H20N4O/c1-4-16-10-7-17-6-9(10)5-13-11-8(2)14-15(3)12(11)16/h9-10,13H,4-7H2,1-3H3. The molecule has 0 saturated carbocycles. The second kappa shape index (κ2) is 3.91. The summed E-state index contributed by atoms with van der Waals surface area (Å²) in [4.78, 5) is 2.44. The molecule has 3 heterocycles. The fourth-order valence-corrected chi connectivity index (χ4v) is 3.08. The zero-order valence-electron chi connectivity index (χ0n) is 10.7. The minimum absolute atomic E-state index is 0.489. The average Bonchev–Trinajstić information content (AvgIpc) is 2.81. The Hall–Kier alpha value is -1.23. The number of aryl methyl sites for hydroxylation is 2. The van der Waals surface area contributed by atoms with Crippen LogP contribution in [0.1, 0.15) is 12.6 Å². The molecule has 3 rings (SSSR count). The molecule has 0 radical (unpaired) electrons. The number of likely N-dealkylation sites (N-methyl/N-ethyl adjacent to an activating group) is 1. The molecule has 1 N–H and O–H groups in total. The SMILES string of the molecule is CCN1c2c(c(C)nn2C)NCC2COCC21. The number of rotatable bonds is 1. The lowest BCUT2D eigenvalue weighted by Gasteiger charge is -2.30. The van der Waals surface area contributed by atoms with Gasteiger partial charge in [0.15, 0.2) is 5.82 Å². The van der Waals surface area contributed by atoms with Crippen LogP contribution in [0.5, 0.6) is 0 Å². The highest BCUT2D eigenvalue weighted by Crippen LogP contribution is 2.36. The fraction of sp³-hybridized carbons (Fsp3) is 0.750. The lowest BCUT2D eigenvalue weighted by molar-refractivity contribution is 0.185. The minimum Gasteiger partial charge on any atom is -0.380 e. The molecule has 2 aliphatic rings. The lowest BCUT2D eigenvalue weighted by atomic mass is 10.0. The molecule has 1 fully saturated rings. The maximum Gasteiger partial charge on any atom is 0.150 e. The van der Waals surface area contributed by atoms with E-state index in [1.54, 1.807) is 0 Å². The Morgan fingerprint density at radius 2 is 2.29 bits per heavy atom. The van der Waals surface area contributed by atoms with Crippen LogP contribution in [0.15, 0.2) is 0 Å². The Labute approximate surface area is 102 Å². The van der Waals surface area contributed by atoms with Gasteiger partial charge in [-0.2, -0.15) is 5.10 Å². The van der Waals surface area contributed by atoms with E-state index in [0.29, 0.717) is 12.0 Å². The molecular weight excluding hydrogens is 216 g/mol. The molecule has 17 heavy (non-hydrogen) atoms.